The Bertz CT molecular complexity index is 1050. The molecule has 1 atom stereocenters. The maximum Gasteiger partial charge on any atom is 0.323 e. The first-order valence-electron chi connectivity index (χ1n) is 9.07. The largest absolute Gasteiger partial charge is 0.474 e. The van der Waals surface area contributed by atoms with Crippen LogP contribution in [-0.2, 0) is 9.47 Å². The number of hydrogen-bond acceptors (Lipinski definition) is 8. The summed E-state index contributed by atoms with van der Waals surface area (Å²) in [5, 5.41) is 6.77. The van der Waals surface area contributed by atoms with Gasteiger partial charge in [0.05, 0.1) is 34.6 Å². The second-order valence-corrected chi connectivity index (χ2v) is 7.89. The molecule has 1 unspecified atom stereocenters. The molecule has 3 aromatic heterocycles. The third-order valence-corrected chi connectivity index (χ3v) is 5.26. The average Bonchev–Trinajstić information content (AvgIpc) is 3.09. The smallest absolute Gasteiger partial charge is 0.323 e. The van der Waals surface area contributed by atoms with Crippen molar-refractivity contribution in [2.24, 2.45) is 0 Å². The molecule has 0 aliphatic rings. The predicted octanol–water partition coefficient (Wildman–Crippen LogP) is 4.42. The molecule has 0 aliphatic carbocycles. The van der Waals surface area contributed by atoms with E-state index in [0.29, 0.717) is 28.5 Å². The molecule has 3 aromatic rings. The van der Waals surface area contributed by atoms with Gasteiger partial charge in [0.25, 0.3) is 0 Å². The van der Waals surface area contributed by atoms with Crippen molar-refractivity contribution < 1.29 is 19.0 Å². The van der Waals surface area contributed by atoms with Crippen LogP contribution >= 0.6 is 22.9 Å². The molecule has 0 saturated heterocycles. The number of fused-ring (bicyclic) bond motifs is 1. The lowest BCUT2D eigenvalue weighted by molar-refractivity contribution is 0.121. The lowest BCUT2D eigenvalue weighted by Crippen LogP contribution is -2.22. The van der Waals surface area contributed by atoms with Crippen molar-refractivity contribution in [1.82, 2.24) is 15.0 Å². The number of nitrogens with zero attached hydrogens (tertiary/aromatic N) is 3. The molecular weight excluding hydrogens is 430 g/mol. The summed E-state index contributed by atoms with van der Waals surface area (Å²) in [5.74, 6) is 0.237. The van der Waals surface area contributed by atoms with Crippen LogP contribution in [0.15, 0.2) is 18.5 Å². The van der Waals surface area contributed by atoms with E-state index in [1.54, 1.807) is 26.5 Å². The van der Waals surface area contributed by atoms with Gasteiger partial charge in [0.1, 0.15) is 22.6 Å². The minimum absolute atomic E-state index is 0.237. The number of pyridine rings is 2. The van der Waals surface area contributed by atoms with Gasteiger partial charge in [-0.2, -0.15) is 0 Å². The standard InChI is InChI=1S/C19H22ClN5O4S/c1-10(28-4)15-14(9-22-18-16(15)23-11(2)30-18)25-19(26)24-13-7-12(20)8-21-17(13)29-6-5-27-3/h7-10H,5-6H2,1-4H3,(H2,24,25,26). The highest BCUT2D eigenvalue weighted by Crippen LogP contribution is 2.34. The van der Waals surface area contributed by atoms with E-state index in [0.717, 1.165) is 15.4 Å². The van der Waals surface area contributed by atoms with Crippen LogP contribution in [0.3, 0.4) is 0 Å². The average molecular weight is 452 g/mol. The van der Waals surface area contributed by atoms with Crippen LogP contribution < -0.4 is 15.4 Å². The van der Waals surface area contributed by atoms with E-state index >= 15 is 0 Å². The monoisotopic (exact) mass is 451 g/mol. The number of carbonyl (C=O) groups excluding carboxylic acids is 1. The molecule has 0 aromatic carbocycles. The molecule has 30 heavy (non-hydrogen) atoms. The molecule has 0 fully saturated rings. The number of nitrogens with one attached hydrogen (secondary N) is 2. The number of ether oxygens (including phenoxy) is 3. The summed E-state index contributed by atoms with van der Waals surface area (Å²) >= 11 is 7.51. The molecule has 0 radical (unpaired) electrons. The van der Waals surface area contributed by atoms with Crippen LogP contribution in [0.4, 0.5) is 16.2 Å². The number of rotatable bonds is 8. The number of amides is 2. The SMILES string of the molecule is COCCOc1ncc(Cl)cc1NC(=O)Nc1cnc2sc(C)nc2c1C(C)OC. The second kappa shape index (κ2) is 9.98. The number of aryl methyl sites for hydroxylation is 1. The van der Waals surface area contributed by atoms with Gasteiger partial charge >= 0.3 is 6.03 Å². The highest BCUT2D eigenvalue weighted by molar-refractivity contribution is 7.18. The minimum Gasteiger partial charge on any atom is -0.474 e. The van der Waals surface area contributed by atoms with E-state index in [2.05, 4.69) is 25.6 Å². The van der Waals surface area contributed by atoms with Gasteiger partial charge in [0.15, 0.2) is 0 Å². The quantitative estimate of drug-likeness (QED) is 0.488. The zero-order valence-electron chi connectivity index (χ0n) is 17.0. The van der Waals surface area contributed by atoms with Crippen molar-refractivity contribution in [3.63, 3.8) is 0 Å². The summed E-state index contributed by atoms with van der Waals surface area (Å²) in [5.41, 5.74) is 2.29. The summed E-state index contributed by atoms with van der Waals surface area (Å²) in [4.78, 5) is 26.6. The fourth-order valence-electron chi connectivity index (χ4n) is 2.76. The number of halogens is 1. The van der Waals surface area contributed by atoms with E-state index < -0.39 is 6.03 Å². The number of hydrogen-bond donors (Lipinski definition) is 2. The number of carbonyl (C=O) groups is 1. The molecular formula is C19H22ClN5O4S. The molecule has 160 valence electrons. The number of thiazole rings is 1. The summed E-state index contributed by atoms with van der Waals surface area (Å²) in [7, 11) is 3.17. The molecule has 2 N–H and O–H groups in total. The minimum atomic E-state index is -0.506. The summed E-state index contributed by atoms with van der Waals surface area (Å²) < 4.78 is 16.0. The van der Waals surface area contributed by atoms with Crippen molar-refractivity contribution >= 4 is 50.7 Å². The van der Waals surface area contributed by atoms with Crippen molar-refractivity contribution in [3.8, 4) is 5.88 Å². The Morgan fingerprint density at radius 1 is 1.20 bits per heavy atom. The van der Waals surface area contributed by atoms with E-state index in [-0.39, 0.29) is 18.6 Å². The van der Waals surface area contributed by atoms with Crippen molar-refractivity contribution in [2.45, 2.75) is 20.0 Å². The fraction of sp³-hybridized carbons (Fsp3) is 0.368. The topological polar surface area (TPSA) is 107 Å². The van der Waals surface area contributed by atoms with Gasteiger partial charge in [0, 0.05) is 26.0 Å². The Morgan fingerprint density at radius 3 is 2.70 bits per heavy atom. The Hall–Kier alpha value is -2.53. The number of anilines is 2. The van der Waals surface area contributed by atoms with Gasteiger partial charge in [0.2, 0.25) is 5.88 Å². The third kappa shape index (κ3) is 5.14. The lowest BCUT2D eigenvalue weighted by atomic mass is 10.1. The van der Waals surface area contributed by atoms with Crippen molar-refractivity contribution in [1.29, 1.82) is 0 Å². The normalized spacial score (nSPS) is 12.0. The molecule has 2 amide bonds. The zero-order chi connectivity index (χ0) is 21.7. The predicted molar refractivity (Wildman–Crippen MR) is 117 cm³/mol. The van der Waals surface area contributed by atoms with Crippen LogP contribution in [0.2, 0.25) is 5.02 Å². The van der Waals surface area contributed by atoms with E-state index in [9.17, 15) is 4.79 Å². The van der Waals surface area contributed by atoms with Gasteiger partial charge in [-0.3, -0.25) is 0 Å². The highest BCUT2D eigenvalue weighted by Gasteiger charge is 2.20. The maximum atomic E-state index is 12.7. The van der Waals surface area contributed by atoms with Gasteiger partial charge in [-0.1, -0.05) is 22.9 Å². The molecule has 0 bridgehead atoms. The highest BCUT2D eigenvalue weighted by atomic mass is 35.5. The van der Waals surface area contributed by atoms with Crippen LogP contribution in [0.5, 0.6) is 5.88 Å². The second-order valence-electron chi connectivity index (χ2n) is 6.28. The van der Waals surface area contributed by atoms with Gasteiger partial charge in [-0.05, 0) is 19.9 Å². The summed E-state index contributed by atoms with van der Waals surface area (Å²) in [6.45, 7) is 4.45. The number of methoxy groups -OCH3 is 2. The van der Waals surface area contributed by atoms with E-state index in [1.165, 1.54) is 17.5 Å². The van der Waals surface area contributed by atoms with Gasteiger partial charge in [-0.15, -0.1) is 0 Å². The Kier molecular flexibility index (Phi) is 7.38. The fourth-order valence-corrected chi connectivity index (χ4v) is 3.69. The third-order valence-electron chi connectivity index (χ3n) is 4.17. The zero-order valence-corrected chi connectivity index (χ0v) is 18.6. The molecule has 0 spiro atoms. The Morgan fingerprint density at radius 2 is 1.97 bits per heavy atom. The van der Waals surface area contributed by atoms with Crippen LogP contribution in [0.1, 0.15) is 23.6 Å². The van der Waals surface area contributed by atoms with Crippen LogP contribution in [0, 0.1) is 6.92 Å². The first-order valence-corrected chi connectivity index (χ1v) is 10.3. The van der Waals surface area contributed by atoms with Crippen LogP contribution in [0.25, 0.3) is 10.3 Å². The molecule has 3 heterocycles. The van der Waals surface area contributed by atoms with E-state index in [1.807, 2.05) is 13.8 Å². The van der Waals surface area contributed by atoms with E-state index in [4.69, 9.17) is 25.8 Å². The number of urea groups is 1. The summed E-state index contributed by atoms with van der Waals surface area (Å²) in [6, 6.07) is 1.05. The van der Waals surface area contributed by atoms with Crippen molar-refractivity contribution in [2.75, 3.05) is 38.1 Å². The van der Waals surface area contributed by atoms with Gasteiger partial charge in [-0.25, -0.2) is 19.7 Å². The molecule has 9 nitrogen and oxygen atoms in total. The maximum absolute atomic E-state index is 12.7. The first kappa shape index (κ1) is 22.2. The Labute approximate surface area is 182 Å². The lowest BCUT2D eigenvalue weighted by Gasteiger charge is -2.17. The molecule has 11 heteroatoms. The number of aromatic nitrogens is 3. The molecule has 3 rings (SSSR count). The van der Waals surface area contributed by atoms with Gasteiger partial charge < -0.3 is 24.8 Å². The van der Waals surface area contributed by atoms with Crippen LogP contribution in [-0.4, -0.2) is 48.4 Å². The first-order chi connectivity index (χ1) is 14.4. The molecule has 0 aliphatic heterocycles. The summed E-state index contributed by atoms with van der Waals surface area (Å²) in [6.07, 6.45) is 2.73. The molecule has 0 saturated carbocycles. The Balaban J connectivity index is 1.85. The van der Waals surface area contributed by atoms with Crippen molar-refractivity contribution in [3.05, 3.63) is 34.1 Å².